The fourth-order valence-electron chi connectivity index (χ4n) is 6.60. The quantitative estimate of drug-likeness (QED) is 0.595. The molecule has 0 aromatic rings. The summed E-state index contributed by atoms with van der Waals surface area (Å²) >= 11 is 0. The van der Waals surface area contributed by atoms with E-state index in [-0.39, 0.29) is 12.1 Å². The normalized spacial score (nSPS) is 37.3. The summed E-state index contributed by atoms with van der Waals surface area (Å²) in [5.41, 5.74) is 3.93. The zero-order valence-electron chi connectivity index (χ0n) is 18.2. The lowest BCUT2D eigenvalue weighted by Gasteiger charge is -2.41. The third-order valence-electron chi connectivity index (χ3n) is 8.20. The van der Waals surface area contributed by atoms with Gasteiger partial charge in [-0.05, 0) is 81.2 Å². The Morgan fingerprint density at radius 2 is 1.76 bits per heavy atom. The number of amides is 1. The van der Waals surface area contributed by atoms with Gasteiger partial charge in [0.15, 0.2) is 0 Å². The Morgan fingerprint density at radius 1 is 0.966 bits per heavy atom. The number of carbonyl (C=O) groups is 1. The van der Waals surface area contributed by atoms with Crippen LogP contribution in [0.4, 0.5) is 0 Å². The average Bonchev–Trinajstić information content (AvgIpc) is 3.23. The minimum atomic E-state index is -0.0575. The van der Waals surface area contributed by atoms with Gasteiger partial charge in [0.25, 0.3) is 0 Å². The van der Waals surface area contributed by atoms with Crippen molar-refractivity contribution in [1.82, 2.24) is 21.1 Å². The number of carbonyl (C=O) groups excluding carboxylic acids is 1. The van der Waals surface area contributed by atoms with Crippen LogP contribution >= 0.6 is 0 Å². The van der Waals surface area contributed by atoms with Crippen LogP contribution in [0, 0.1) is 23.7 Å². The molecule has 5 nitrogen and oxygen atoms in total. The van der Waals surface area contributed by atoms with Crippen molar-refractivity contribution < 1.29 is 4.79 Å². The molecule has 5 atom stereocenters. The highest BCUT2D eigenvalue weighted by atomic mass is 16.1. The fraction of sp³-hybridized carbons (Fsp3) is 0.875. The first-order valence-electron chi connectivity index (χ1n) is 12.4. The third-order valence-corrected chi connectivity index (χ3v) is 8.20. The molecule has 2 aliphatic carbocycles. The van der Waals surface area contributed by atoms with Crippen molar-refractivity contribution in [1.29, 1.82) is 0 Å². The first kappa shape index (κ1) is 21.3. The van der Waals surface area contributed by atoms with Crippen molar-refractivity contribution in [2.45, 2.75) is 89.3 Å². The number of nitrogens with one attached hydrogen (secondary N) is 3. The van der Waals surface area contributed by atoms with Gasteiger partial charge in [0, 0.05) is 19.1 Å². The Morgan fingerprint density at radius 3 is 2.59 bits per heavy atom. The number of hydrogen-bond donors (Lipinski definition) is 3. The van der Waals surface area contributed by atoms with E-state index in [2.05, 4.69) is 27.6 Å². The van der Waals surface area contributed by atoms with Crippen LogP contribution in [0.1, 0.15) is 77.0 Å². The Kier molecular flexibility index (Phi) is 7.65. The van der Waals surface area contributed by atoms with Gasteiger partial charge in [0.2, 0.25) is 5.91 Å². The highest BCUT2D eigenvalue weighted by molar-refractivity contribution is 5.87. The minimum absolute atomic E-state index is 0.0575. The third kappa shape index (κ3) is 5.83. The molecule has 2 saturated carbocycles. The Labute approximate surface area is 177 Å². The molecule has 5 heteroatoms. The van der Waals surface area contributed by atoms with E-state index in [1.54, 1.807) is 0 Å². The van der Waals surface area contributed by atoms with Crippen LogP contribution < -0.4 is 16.1 Å². The molecule has 2 aliphatic heterocycles. The smallest absolute Gasteiger partial charge is 0.244 e. The first-order valence-corrected chi connectivity index (χ1v) is 12.4. The molecule has 5 unspecified atom stereocenters. The molecule has 1 amide bonds. The van der Waals surface area contributed by atoms with Crippen molar-refractivity contribution in [2.75, 3.05) is 19.6 Å². The molecule has 4 fully saturated rings. The standard InChI is InChI=1S/C24H42N4O/c1-2-24(29)26-23-16-20(11-13-25-23)19-9-6-10-21(15-19)22-12-14-28(27-22)17-18-7-4-3-5-8-18/h2,18-23,25,27H,1,3-17H2,(H,26,29). The van der Waals surface area contributed by atoms with Gasteiger partial charge < -0.3 is 5.32 Å². The maximum absolute atomic E-state index is 11.7. The van der Waals surface area contributed by atoms with E-state index in [1.807, 2.05) is 0 Å². The summed E-state index contributed by atoms with van der Waals surface area (Å²) in [6.07, 6.45) is 17.9. The topological polar surface area (TPSA) is 56.4 Å². The van der Waals surface area contributed by atoms with E-state index in [0.29, 0.717) is 6.04 Å². The van der Waals surface area contributed by atoms with E-state index in [9.17, 15) is 4.79 Å². The fourth-order valence-corrected chi connectivity index (χ4v) is 6.60. The van der Waals surface area contributed by atoms with Crippen LogP contribution in [-0.4, -0.2) is 42.8 Å². The van der Waals surface area contributed by atoms with Crippen molar-refractivity contribution in [3.05, 3.63) is 12.7 Å². The molecule has 0 spiro atoms. The number of hydrogen-bond acceptors (Lipinski definition) is 4. The van der Waals surface area contributed by atoms with Crippen molar-refractivity contribution in [2.24, 2.45) is 23.7 Å². The Bertz CT molecular complexity index is 547. The molecule has 0 radical (unpaired) electrons. The predicted molar refractivity (Wildman–Crippen MR) is 118 cm³/mol. The summed E-state index contributed by atoms with van der Waals surface area (Å²) in [6, 6.07) is 0.694. The van der Waals surface area contributed by atoms with Crippen LogP contribution in [0.15, 0.2) is 12.7 Å². The van der Waals surface area contributed by atoms with E-state index >= 15 is 0 Å². The summed E-state index contributed by atoms with van der Waals surface area (Å²) in [6.45, 7) is 7.11. The zero-order valence-corrected chi connectivity index (χ0v) is 18.2. The lowest BCUT2D eigenvalue weighted by atomic mass is 9.70. The average molecular weight is 403 g/mol. The van der Waals surface area contributed by atoms with Gasteiger partial charge in [-0.1, -0.05) is 38.7 Å². The van der Waals surface area contributed by atoms with E-state index in [1.165, 1.54) is 89.8 Å². The summed E-state index contributed by atoms with van der Waals surface area (Å²) < 4.78 is 0. The number of rotatable bonds is 6. The summed E-state index contributed by atoms with van der Waals surface area (Å²) in [5, 5.41) is 9.09. The van der Waals surface area contributed by atoms with E-state index < -0.39 is 0 Å². The van der Waals surface area contributed by atoms with Gasteiger partial charge >= 0.3 is 0 Å². The largest absolute Gasteiger partial charge is 0.337 e. The highest BCUT2D eigenvalue weighted by Gasteiger charge is 2.37. The second kappa shape index (κ2) is 10.4. The predicted octanol–water partition coefficient (Wildman–Crippen LogP) is 3.58. The number of nitrogens with zero attached hydrogens (tertiary/aromatic N) is 1. The molecular formula is C24H42N4O. The molecule has 2 heterocycles. The molecule has 164 valence electrons. The minimum Gasteiger partial charge on any atom is -0.337 e. The monoisotopic (exact) mass is 402 g/mol. The molecule has 3 N–H and O–H groups in total. The van der Waals surface area contributed by atoms with Gasteiger partial charge in [0.1, 0.15) is 0 Å². The second-order valence-corrected chi connectivity index (χ2v) is 10.2. The molecule has 0 bridgehead atoms. The van der Waals surface area contributed by atoms with Gasteiger partial charge in [-0.25, -0.2) is 5.01 Å². The number of piperidine rings is 1. The van der Waals surface area contributed by atoms with Crippen LogP contribution in [0.2, 0.25) is 0 Å². The lowest BCUT2D eigenvalue weighted by Crippen LogP contribution is -2.51. The SMILES string of the molecule is C=CC(=O)NC1CC(C2CCCC(C3CCN(CC4CCCCC4)N3)C2)CCN1. The van der Waals surface area contributed by atoms with Crippen LogP contribution in [0.5, 0.6) is 0 Å². The van der Waals surface area contributed by atoms with E-state index in [0.717, 1.165) is 36.6 Å². The molecule has 0 aromatic heterocycles. The van der Waals surface area contributed by atoms with Crippen molar-refractivity contribution in [3.8, 4) is 0 Å². The van der Waals surface area contributed by atoms with E-state index in [4.69, 9.17) is 0 Å². The van der Waals surface area contributed by atoms with Gasteiger partial charge in [0.05, 0.1) is 6.17 Å². The van der Waals surface area contributed by atoms with Crippen molar-refractivity contribution >= 4 is 5.91 Å². The summed E-state index contributed by atoms with van der Waals surface area (Å²) in [5.74, 6) is 3.27. The first-order chi connectivity index (χ1) is 14.2. The maximum Gasteiger partial charge on any atom is 0.244 e. The van der Waals surface area contributed by atoms with Gasteiger partial charge in [-0.15, -0.1) is 0 Å². The molecule has 4 aliphatic rings. The molecule has 2 saturated heterocycles. The summed E-state index contributed by atoms with van der Waals surface area (Å²) in [7, 11) is 0. The highest BCUT2D eigenvalue weighted by Crippen LogP contribution is 2.40. The molecule has 0 aromatic carbocycles. The second-order valence-electron chi connectivity index (χ2n) is 10.2. The molecule has 29 heavy (non-hydrogen) atoms. The van der Waals surface area contributed by atoms with Crippen LogP contribution in [-0.2, 0) is 4.79 Å². The summed E-state index contributed by atoms with van der Waals surface area (Å²) in [4.78, 5) is 11.7. The van der Waals surface area contributed by atoms with Crippen LogP contribution in [0.3, 0.4) is 0 Å². The zero-order chi connectivity index (χ0) is 20.1. The van der Waals surface area contributed by atoms with Crippen molar-refractivity contribution in [3.63, 3.8) is 0 Å². The Hall–Kier alpha value is -0.910. The number of hydrazine groups is 1. The molecule has 4 rings (SSSR count). The van der Waals surface area contributed by atoms with Gasteiger partial charge in [-0.2, -0.15) is 0 Å². The Balaban J connectivity index is 1.25. The van der Waals surface area contributed by atoms with Crippen LogP contribution in [0.25, 0.3) is 0 Å². The maximum atomic E-state index is 11.7. The molecular weight excluding hydrogens is 360 g/mol. The van der Waals surface area contributed by atoms with Gasteiger partial charge in [-0.3, -0.25) is 15.5 Å². The lowest BCUT2D eigenvalue weighted by molar-refractivity contribution is -0.117.